The molecule has 94 valence electrons. The van der Waals surface area contributed by atoms with Crippen LogP contribution >= 0.6 is 0 Å². The zero-order valence-electron chi connectivity index (χ0n) is 11.9. The van der Waals surface area contributed by atoms with Gasteiger partial charge in [0.05, 0.1) is 6.54 Å². The molecule has 0 radical (unpaired) electrons. The normalized spacial score (nSPS) is 24.2. The number of aliphatic carboxylic acids is 1. The first-order chi connectivity index (χ1) is 7.75. The fourth-order valence-corrected chi connectivity index (χ4v) is 2.92. The van der Waals surface area contributed by atoms with Crippen LogP contribution in [-0.4, -0.2) is 59.6 Å². The Balaban J connectivity index is 0.00000144. The number of carboxylic acids is 1. The van der Waals surface area contributed by atoms with Gasteiger partial charge in [0.25, 0.3) is 0 Å². The van der Waals surface area contributed by atoms with Gasteiger partial charge in [-0.3, -0.25) is 9.69 Å². The second-order valence-corrected chi connectivity index (χ2v) is 5.00. The minimum atomic E-state index is -0.698. The van der Waals surface area contributed by atoms with Gasteiger partial charge in [-0.25, -0.2) is 0 Å². The number of likely N-dealkylation sites (tertiary alicyclic amines) is 2. The predicted molar refractivity (Wildman–Crippen MR) is 63.6 cm³/mol. The molecule has 0 saturated carbocycles. The van der Waals surface area contributed by atoms with Crippen molar-refractivity contribution >= 4 is 5.97 Å². The Bertz CT molecular complexity index is 242. The maximum absolute atomic E-state index is 10.6. The average Bonchev–Trinajstić information content (AvgIpc) is 2.30. The molecular formula is C12H23KN2O2. The van der Waals surface area contributed by atoms with Crippen molar-refractivity contribution in [3.63, 3.8) is 0 Å². The van der Waals surface area contributed by atoms with Gasteiger partial charge in [-0.05, 0) is 38.8 Å². The summed E-state index contributed by atoms with van der Waals surface area (Å²) >= 11 is 0. The van der Waals surface area contributed by atoms with Gasteiger partial charge >= 0.3 is 57.4 Å². The fourth-order valence-electron chi connectivity index (χ4n) is 2.92. The second-order valence-electron chi connectivity index (χ2n) is 5.00. The molecule has 0 atom stereocenters. The Labute approximate surface area is 148 Å². The summed E-state index contributed by atoms with van der Waals surface area (Å²) < 4.78 is 0. The van der Waals surface area contributed by atoms with Crippen LogP contribution in [0.1, 0.15) is 33.5 Å². The van der Waals surface area contributed by atoms with E-state index in [-0.39, 0.29) is 59.4 Å². The molecule has 0 spiro atoms. The third-order valence-corrected chi connectivity index (χ3v) is 3.82. The molecule has 4 nitrogen and oxygen atoms in total. The van der Waals surface area contributed by atoms with Gasteiger partial charge in [-0.15, -0.1) is 0 Å². The molecule has 17 heavy (non-hydrogen) atoms. The van der Waals surface area contributed by atoms with Crippen molar-refractivity contribution in [2.75, 3.05) is 32.7 Å². The van der Waals surface area contributed by atoms with Crippen LogP contribution in [0.2, 0.25) is 0 Å². The van der Waals surface area contributed by atoms with E-state index in [2.05, 4.69) is 9.80 Å². The van der Waals surface area contributed by atoms with Crippen molar-refractivity contribution in [1.82, 2.24) is 9.80 Å². The van der Waals surface area contributed by atoms with Crippen molar-refractivity contribution in [3.8, 4) is 0 Å². The molecule has 2 saturated heterocycles. The largest absolute Gasteiger partial charge is 1.00 e. The molecule has 2 heterocycles. The fraction of sp³-hybridized carbons (Fsp3) is 0.917. The standard InChI is InChI=1S/C12H22N2O2.K.H/c15-12(16)10-13-8-4-11(5-9-13)14-6-2-1-3-7-14;;/h11H,1-10H2,(H,15,16);;/q;+1;-1. The van der Waals surface area contributed by atoms with Crippen molar-refractivity contribution in [3.05, 3.63) is 0 Å². The number of hydrogen-bond donors (Lipinski definition) is 1. The quantitative estimate of drug-likeness (QED) is 0.609. The number of piperidine rings is 2. The number of nitrogens with zero attached hydrogens (tertiary/aromatic N) is 2. The van der Waals surface area contributed by atoms with Crippen LogP contribution in [0.25, 0.3) is 0 Å². The zero-order valence-corrected chi connectivity index (χ0v) is 14.0. The van der Waals surface area contributed by atoms with Crippen LogP contribution in [0.15, 0.2) is 0 Å². The topological polar surface area (TPSA) is 43.8 Å². The molecule has 2 rings (SSSR count). The summed E-state index contributed by atoms with van der Waals surface area (Å²) in [5.41, 5.74) is 0. The van der Waals surface area contributed by atoms with Crippen molar-refractivity contribution in [1.29, 1.82) is 0 Å². The Morgan fingerprint density at radius 3 is 2.24 bits per heavy atom. The van der Waals surface area contributed by atoms with Gasteiger partial charge in [0.15, 0.2) is 0 Å². The summed E-state index contributed by atoms with van der Waals surface area (Å²) in [5, 5.41) is 8.73. The second kappa shape index (κ2) is 8.25. The number of rotatable bonds is 3. The van der Waals surface area contributed by atoms with Crippen LogP contribution in [0.4, 0.5) is 0 Å². The minimum absolute atomic E-state index is 0. The van der Waals surface area contributed by atoms with Gasteiger partial charge in [0.2, 0.25) is 0 Å². The Morgan fingerprint density at radius 2 is 1.71 bits per heavy atom. The summed E-state index contributed by atoms with van der Waals surface area (Å²) in [6.45, 7) is 4.63. The van der Waals surface area contributed by atoms with Crippen LogP contribution in [-0.2, 0) is 4.79 Å². The maximum atomic E-state index is 10.6. The van der Waals surface area contributed by atoms with Gasteiger partial charge < -0.3 is 11.4 Å². The molecule has 5 heteroatoms. The first kappa shape index (κ1) is 16.1. The van der Waals surface area contributed by atoms with E-state index in [1.807, 2.05) is 0 Å². The van der Waals surface area contributed by atoms with Crippen molar-refractivity contribution < 1.29 is 62.7 Å². The van der Waals surface area contributed by atoms with Crippen molar-refractivity contribution in [2.45, 2.75) is 38.1 Å². The molecule has 2 fully saturated rings. The van der Waals surface area contributed by atoms with E-state index in [4.69, 9.17) is 5.11 Å². The SMILES string of the molecule is O=C(O)CN1CCC(N2CCCCC2)CC1.[H-].[K+]. The van der Waals surface area contributed by atoms with Gasteiger partial charge in [0.1, 0.15) is 0 Å². The predicted octanol–water partition coefficient (Wildman–Crippen LogP) is -1.86. The van der Waals surface area contributed by atoms with Gasteiger partial charge in [-0.1, -0.05) is 6.42 Å². The number of carbonyl (C=O) groups is 1. The molecule has 2 aliphatic rings. The third kappa shape index (κ3) is 5.26. The molecule has 0 aromatic rings. The minimum Gasteiger partial charge on any atom is -1.00 e. The zero-order chi connectivity index (χ0) is 11.4. The molecule has 0 bridgehead atoms. The summed E-state index contributed by atoms with van der Waals surface area (Å²) in [5.74, 6) is -0.698. The Hall–Kier alpha value is 1.03. The van der Waals surface area contributed by atoms with Crippen LogP contribution in [0.5, 0.6) is 0 Å². The molecule has 0 amide bonds. The van der Waals surface area contributed by atoms with Crippen LogP contribution in [0.3, 0.4) is 0 Å². The Morgan fingerprint density at radius 1 is 1.12 bits per heavy atom. The summed E-state index contributed by atoms with van der Waals surface area (Å²) in [4.78, 5) is 15.3. The van der Waals surface area contributed by atoms with Gasteiger partial charge in [-0.2, -0.15) is 0 Å². The first-order valence-electron chi connectivity index (χ1n) is 6.44. The van der Waals surface area contributed by atoms with E-state index in [9.17, 15) is 4.79 Å². The van der Waals surface area contributed by atoms with E-state index in [0.717, 1.165) is 25.9 Å². The number of carboxylic acid groups (broad SMARTS) is 1. The van der Waals surface area contributed by atoms with Crippen molar-refractivity contribution in [2.24, 2.45) is 0 Å². The average molecular weight is 266 g/mol. The maximum Gasteiger partial charge on any atom is 1.00 e. The molecule has 2 aliphatic heterocycles. The smallest absolute Gasteiger partial charge is 1.00 e. The monoisotopic (exact) mass is 266 g/mol. The number of hydrogen-bond acceptors (Lipinski definition) is 3. The first-order valence-corrected chi connectivity index (χ1v) is 6.44. The van der Waals surface area contributed by atoms with Crippen LogP contribution in [0, 0.1) is 0 Å². The summed E-state index contributed by atoms with van der Waals surface area (Å²) in [6, 6.07) is 0.713. The molecular weight excluding hydrogens is 243 g/mol. The van der Waals surface area contributed by atoms with E-state index in [0.29, 0.717) is 6.04 Å². The molecule has 1 N–H and O–H groups in total. The van der Waals surface area contributed by atoms with Gasteiger partial charge in [0, 0.05) is 19.1 Å². The molecule has 0 aromatic carbocycles. The third-order valence-electron chi connectivity index (χ3n) is 3.82. The van der Waals surface area contributed by atoms with E-state index < -0.39 is 5.97 Å². The molecule has 0 unspecified atom stereocenters. The molecule has 0 aromatic heterocycles. The summed E-state index contributed by atoms with van der Waals surface area (Å²) in [6.07, 6.45) is 6.36. The van der Waals surface area contributed by atoms with E-state index in [1.54, 1.807) is 0 Å². The molecule has 0 aliphatic carbocycles. The van der Waals surface area contributed by atoms with Crippen LogP contribution < -0.4 is 51.4 Å². The van der Waals surface area contributed by atoms with E-state index >= 15 is 0 Å². The summed E-state index contributed by atoms with van der Waals surface area (Å²) in [7, 11) is 0. The van der Waals surface area contributed by atoms with E-state index in [1.165, 1.54) is 32.4 Å². The Kier molecular flexibility index (Phi) is 7.80.